The minimum atomic E-state index is -4.64. The molecule has 0 saturated heterocycles. The van der Waals surface area contributed by atoms with Crippen LogP contribution in [0.5, 0.6) is 0 Å². The third kappa shape index (κ3) is 20.8. The summed E-state index contributed by atoms with van der Waals surface area (Å²) in [4.78, 5) is 52.0. The summed E-state index contributed by atoms with van der Waals surface area (Å²) in [5.74, 6) is -5.02. The number of hydrogen-bond acceptors (Lipinski definition) is 5. The number of carbonyl (C=O) groups is 3. The zero-order valence-electron chi connectivity index (χ0n) is 14.0. The van der Waals surface area contributed by atoms with Crippen LogP contribution in [0.25, 0.3) is 0 Å². The summed E-state index contributed by atoms with van der Waals surface area (Å²) in [6, 6.07) is 0. The summed E-state index contributed by atoms with van der Waals surface area (Å²) in [6.07, 6.45) is -2.29. The predicted molar refractivity (Wildman–Crippen MR) is 67.3 cm³/mol. The first-order chi connectivity index (χ1) is 7.78. The molecule has 0 aliphatic carbocycles. The van der Waals surface area contributed by atoms with Gasteiger partial charge >= 0.3 is 86.5 Å². The molecule has 0 radical (unpaired) electrons. The molecule has 7 N–H and O–H groups in total. The summed E-state index contributed by atoms with van der Waals surface area (Å²) >= 11 is 0. The molecule has 0 saturated carbocycles. The van der Waals surface area contributed by atoms with E-state index in [4.69, 9.17) is 39.7 Å². The first-order valence-corrected chi connectivity index (χ1v) is 5.52. The molecule has 0 aliphatic rings. The Morgan fingerprint density at radius 2 is 1.15 bits per heavy atom. The van der Waals surface area contributed by atoms with Crippen molar-refractivity contribution in [2.45, 2.75) is 18.4 Å². The molecule has 0 rings (SSSR count). The van der Waals surface area contributed by atoms with Crippen LogP contribution in [-0.2, 0) is 18.9 Å². The zero-order valence-corrected chi connectivity index (χ0v) is 14.6. The van der Waals surface area contributed by atoms with E-state index < -0.39 is 44.2 Å². The second-order valence-electron chi connectivity index (χ2n) is 2.99. The second kappa shape index (κ2) is 12.1. The van der Waals surface area contributed by atoms with Gasteiger partial charge in [0.1, 0.15) is 0 Å². The maximum Gasteiger partial charge on any atom is 2.00 e. The van der Waals surface area contributed by atoms with Gasteiger partial charge < -0.3 is 40.8 Å². The van der Waals surface area contributed by atoms with Gasteiger partial charge in [-0.2, -0.15) is 0 Å². The zero-order chi connectivity index (χ0) is 15.1. The van der Waals surface area contributed by atoms with Gasteiger partial charge in [-0.15, -0.1) is 0 Å². The first kappa shape index (κ1) is 28.6. The average Bonchev–Trinajstić information content (AvgIpc) is 1.95. The molecule has 11 nitrogen and oxygen atoms in total. The quantitative estimate of drug-likeness (QED) is 0.202. The number of hydrogen-bond donors (Lipinski definition) is 7. The third-order valence-corrected chi connectivity index (χ3v) is 1.29. The fourth-order valence-electron chi connectivity index (χ4n) is 0.714. The average molecular weight is 359 g/mol. The van der Waals surface area contributed by atoms with Crippen molar-refractivity contribution in [3.63, 3.8) is 0 Å². The van der Waals surface area contributed by atoms with Gasteiger partial charge in [-0.1, -0.05) is 0 Å². The summed E-state index contributed by atoms with van der Waals surface area (Å²) in [7, 11) is -4.64. The standard InChI is InChI=1S/C6H8O7.Ca.Mg.H3O4P.4H/c7-3(8)1-6(13,5(11)12)2-4(9)10;;;1-5(2,3)4;;;;/h13H,1-2H2,(H,7,8)(H,9,10)(H,11,12);;;(H3,1,2,3,4);;;;/q;2*+2;;4*-1. The van der Waals surface area contributed by atoms with Crippen molar-refractivity contribution in [2.75, 3.05) is 0 Å². The maximum atomic E-state index is 10.3. The Hall–Kier alpha value is 0.506. The van der Waals surface area contributed by atoms with E-state index in [1.54, 1.807) is 0 Å². The van der Waals surface area contributed by atoms with Gasteiger partial charge in [0.05, 0.1) is 12.8 Å². The number of phosphoric acid groups is 1. The van der Waals surface area contributed by atoms with Gasteiger partial charge in [0.25, 0.3) is 0 Å². The largest absolute Gasteiger partial charge is 2.00 e. The van der Waals surface area contributed by atoms with Crippen molar-refractivity contribution < 1.29 is 59.8 Å². The number of rotatable bonds is 5. The van der Waals surface area contributed by atoms with Gasteiger partial charge in [0.2, 0.25) is 0 Å². The molecule has 0 unspecified atom stereocenters. The summed E-state index contributed by atoms with van der Waals surface area (Å²) in [5.41, 5.74) is -2.74. The van der Waals surface area contributed by atoms with Gasteiger partial charge in [0, 0.05) is 0 Å². The van der Waals surface area contributed by atoms with E-state index in [1.165, 1.54) is 0 Å². The summed E-state index contributed by atoms with van der Waals surface area (Å²) in [5, 5.41) is 33.8. The van der Waals surface area contributed by atoms with E-state index in [1.807, 2.05) is 0 Å². The Labute approximate surface area is 163 Å². The van der Waals surface area contributed by atoms with Crippen LogP contribution >= 0.6 is 7.82 Å². The van der Waals surface area contributed by atoms with E-state index in [0.717, 1.165) is 0 Å². The topological polar surface area (TPSA) is 210 Å². The molecule has 0 aliphatic heterocycles. The minimum absolute atomic E-state index is 0. The molecule has 0 fully saturated rings. The Kier molecular flexibility index (Phi) is 17.3. The Morgan fingerprint density at radius 1 is 0.950 bits per heavy atom. The van der Waals surface area contributed by atoms with Gasteiger partial charge in [-0.3, -0.25) is 9.59 Å². The molecular formula is C6H15CaMgO11P. The SMILES string of the molecule is O=C(O)CC(O)(CC(=O)O)C(=O)O.O=P(O)(O)O.[Ca+2].[H-].[H-].[H-].[H-].[Mg+2]. The molecule has 0 bridgehead atoms. The molecule has 0 aromatic heterocycles. The molecule has 14 heteroatoms. The Bertz CT molecular complexity index is 370. The molecule has 0 atom stereocenters. The molecule has 0 heterocycles. The molecule has 0 aromatic rings. The fraction of sp³-hybridized carbons (Fsp3) is 0.500. The van der Waals surface area contributed by atoms with Gasteiger partial charge in [0.15, 0.2) is 5.60 Å². The van der Waals surface area contributed by atoms with Crippen molar-refractivity contribution in [2.24, 2.45) is 0 Å². The van der Waals surface area contributed by atoms with E-state index in [2.05, 4.69) is 0 Å². The summed E-state index contributed by atoms with van der Waals surface area (Å²) < 4.78 is 8.88. The minimum Gasteiger partial charge on any atom is -1.00 e. The third-order valence-electron chi connectivity index (χ3n) is 1.29. The van der Waals surface area contributed by atoms with Crippen molar-refractivity contribution >= 4 is 86.5 Å². The van der Waals surface area contributed by atoms with Crippen LogP contribution in [0.3, 0.4) is 0 Å². The van der Waals surface area contributed by atoms with E-state index in [0.29, 0.717) is 0 Å². The second-order valence-corrected chi connectivity index (χ2v) is 4.02. The number of carboxylic acids is 3. The molecule has 0 aromatic carbocycles. The monoisotopic (exact) mass is 358 g/mol. The van der Waals surface area contributed by atoms with Crippen LogP contribution in [-0.4, -0.2) is 119 Å². The molecular weight excluding hydrogens is 343 g/mol. The van der Waals surface area contributed by atoms with Gasteiger partial charge in [-0.05, 0) is 0 Å². The molecule has 0 spiro atoms. The van der Waals surface area contributed by atoms with Crippen LogP contribution in [0.2, 0.25) is 0 Å². The van der Waals surface area contributed by atoms with E-state index in [-0.39, 0.29) is 66.5 Å². The number of aliphatic hydroxyl groups is 1. The van der Waals surface area contributed by atoms with Crippen molar-refractivity contribution in [1.82, 2.24) is 0 Å². The molecule has 114 valence electrons. The van der Waals surface area contributed by atoms with Crippen LogP contribution < -0.4 is 0 Å². The number of carboxylic acid groups (broad SMARTS) is 3. The fourth-order valence-corrected chi connectivity index (χ4v) is 0.714. The van der Waals surface area contributed by atoms with E-state index >= 15 is 0 Å². The van der Waals surface area contributed by atoms with Crippen molar-refractivity contribution in [3.8, 4) is 0 Å². The van der Waals surface area contributed by atoms with Crippen molar-refractivity contribution in [1.29, 1.82) is 0 Å². The van der Waals surface area contributed by atoms with Crippen LogP contribution in [0.4, 0.5) is 0 Å². The Balaban J connectivity index is -0.0000000347. The predicted octanol–water partition coefficient (Wildman–Crippen LogP) is -2.49. The normalized spacial score (nSPS) is 10.0. The summed E-state index contributed by atoms with van der Waals surface area (Å²) in [6.45, 7) is 0. The number of aliphatic carboxylic acids is 3. The molecule has 20 heavy (non-hydrogen) atoms. The van der Waals surface area contributed by atoms with Gasteiger partial charge in [-0.25, -0.2) is 9.36 Å². The van der Waals surface area contributed by atoms with Crippen molar-refractivity contribution in [3.05, 3.63) is 0 Å². The smallest absolute Gasteiger partial charge is 1.00 e. The van der Waals surface area contributed by atoms with E-state index in [9.17, 15) is 14.4 Å². The maximum absolute atomic E-state index is 10.3. The van der Waals surface area contributed by atoms with Crippen LogP contribution in [0, 0.1) is 0 Å². The van der Waals surface area contributed by atoms with Crippen LogP contribution in [0.1, 0.15) is 18.5 Å². The van der Waals surface area contributed by atoms with Crippen LogP contribution in [0.15, 0.2) is 0 Å². The Morgan fingerprint density at radius 3 is 1.25 bits per heavy atom. The first-order valence-electron chi connectivity index (χ1n) is 3.95. The molecule has 0 amide bonds.